The highest BCUT2D eigenvalue weighted by Gasteiger charge is 2.15. The van der Waals surface area contributed by atoms with E-state index in [-0.39, 0.29) is 16.3 Å². The van der Waals surface area contributed by atoms with Gasteiger partial charge in [0.2, 0.25) is 0 Å². The molecule has 0 saturated carbocycles. The van der Waals surface area contributed by atoms with Gasteiger partial charge in [-0.15, -0.1) is 40.6 Å². The number of rotatable bonds is 11. The first kappa shape index (κ1) is 50.0. The molecule has 0 aliphatic heterocycles. The summed E-state index contributed by atoms with van der Waals surface area (Å²) in [5.41, 5.74) is 10.2. The fourth-order valence-electron chi connectivity index (χ4n) is 6.30. The van der Waals surface area contributed by atoms with Crippen LogP contribution in [0, 0.1) is 34.6 Å². The molecule has 0 aliphatic rings. The van der Waals surface area contributed by atoms with Crippen LogP contribution in [0.3, 0.4) is 0 Å². The zero-order valence-corrected chi connectivity index (χ0v) is 38.5. The molecule has 0 saturated heterocycles. The highest BCUT2D eigenvalue weighted by molar-refractivity contribution is 7.86. The maximum Gasteiger partial charge on any atom is 0.425 e. The summed E-state index contributed by atoms with van der Waals surface area (Å²) in [5.74, 6) is 0.0602. The van der Waals surface area contributed by atoms with Gasteiger partial charge in [0.1, 0.15) is 16.3 Å². The summed E-state index contributed by atoms with van der Waals surface area (Å²) in [6, 6.07) is 38.1. The van der Waals surface area contributed by atoms with Gasteiger partial charge in [-0.2, -0.15) is 34.0 Å². The Morgan fingerprint density at radius 3 is 1.55 bits per heavy atom. The number of benzene rings is 7. The van der Waals surface area contributed by atoms with Crippen molar-refractivity contribution in [1.82, 2.24) is 0 Å². The fraction of sp³-hybridized carbons (Fsp3) is 0.111. The molecule has 7 aromatic carbocycles. The maximum atomic E-state index is 11.7. The van der Waals surface area contributed by atoms with Crippen LogP contribution in [0.25, 0.3) is 10.8 Å². The molecule has 7 rings (SSSR count). The predicted molar refractivity (Wildman–Crippen MR) is 251 cm³/mol. The summed E-state index contributed by atoms with van der Waals surface area (Å²) in [6.45, 7) is 9.46. The van der Waals surface area contributed by atoms with Crippen molar-refractivity contribution in [3.8, 4) is 5.75 Å². The number of fused-ring (bicyclic) bond motifs is 1. The minimum atomic E-state index is -4.45. The lowest BCUT2D eigenvalue weighted by atomic mass is 10.1. The normalized spacial score (nSPS) is 11.4. The van der Waals surface area contributed by atoms with Gasteiger partial charge >= 0.3 is 21.2 Å². The molecule has 0 aliphatic carbocycles. The van der Waals surface area contributed by atoms with E-state index in [2.05, 4.69) is 46.2 Å². The number of nitrogens with zero attached hydrogens (tertiary/aromatic N) is 8. The van der Waals surface area contributed by atoms with Crippen molar-refractivity contribution in [3.63, 3.8) is 0 Å². The first-order valence-electron chi connectivity index (χ1n) is 19.5. The van der Waals surface area contributed by atoms with E-state index in [4.69, 9.17) is 25.3 Å². The first-order valence-corrected chi connectivity index (χ1v) is 22.9. The summed E-state index contributed by atoms with van der Waals surface area (Å²) in [5, 5.41) is 51.1. The number of para-hydroxylation sites is 1. The Balaban J connectivity index is 0.000000973. The standard InChI is InChI=1S/C45H39N9O4S.2O3S/c1-27-21-35(17-20-38(27)49-48-36-22-30(4)44(31(5)23-36)54-50-39-13-9-10-14-43(39)59(56,57)58)47-52-41-24-29(3)42(25-28(41)2)53-51-40-19-15-32-26-34(16-18-37(32)45(40)55)46-33-11-7-6-8-12-33;2*1-4(2)3/h6-26,46,55H,1-5H3,(H,56,57,58);;. The highest BCUT2D eigenvalue weighted by atomic mass is 32.2. The van der Waals surface area contributed by atoms with Crippen LogP contribution in [-0.2, 0) is 31.3 Å². The summed E-state index contributed by atoms with van der Waals surface area (Å²) in [6.07, 6.45) is 0. The number of hydrogen-bond donors (Lipinski definition) is 3. The average Bonchev–Trinajstić information content (AvgIpc) is 3.26. The Labute approximate surface area is 387 Å². The lowest BCUT2D eigenvalue weighted by molar-refractivity contribution is 0.482. The van der Waals surface area contributed by atoms with Crippen molar-refractivity contribution >= 4 is 99.0 Å². The molecule has 3 N–H and O–H groups in total. The number of anilines is 2. The van der Waals surface area contributed by atoms with Crippen LogP contribution in [0.15, 0.2) is 173 Å². The third kappa shape index (κ3) is 14.5. The van der Waals surface area contributed by atoms with E-state index in [0.29, 0.717) is 45.2 Å². The second-order valence-electron chi connectivity index (χ2n) is 14.3. The monoisotopic (exact) mass is 961 g/mol. The van der Waals surface area contributed by atoms with Gasteiger partial charge in [-0.05, 0) is 159 Å². The van der Waals surface area contributed by atoms with E-state index in [1.165, 1.54) is 18.2 Å². The van der Waals surface area contributed by atoms with Gasteiger partial charge in [0.15, 0.2) is 5.75 Å². The molecule has 0 bridgehead atoms. The Bertz CT molecular complexity index is 3400. The van der Waals surface area contributed by atoms with Gasteiger partial charge in [0.25, 0.3) is 10.1 Å². The molecular weight excluding hydrogens is 923 g/mol. The molecule has 342 valence electrons. The Hall–Kier alpha value is -8.05. The van der Waals surface area contributed by atoms with E-state index >= 15 is 0 Å². The van der Waals surface area contributed by atoms with Crippen LogP contribution in [0.5, 0.6) is 5.75 Å². The summed E-state index contributed by atoms with van der Waals surface area (Å²) in [7, 11) is -10.7. The van der Waals surface area contributed by atoms with Crippen molar-refractivity contribution in [2.45, 2.75) is 39.5 Å². The van der Waals surface area contributed by atoms with Gasteiger partial charge in [0, 0.05) is 16.8 Å². The number of aromatic hydroxyl groups is 1. The van der Waals surface area contributed by atoms with Crippen LogP contribution >= 0.6 is 0 Å². The Morgan fingerprint density at radius 1 is 0.448 bits per heavy atom. The van der Waals surface area contributed by atoms with Crippen molar-refractivity contribution in [2.24, 2.45) is 40.9 Å². The third-order valence-corrected chi connectivity index (χ3v) is 10.3. The lowest BCUT2D eigenvalue weighted by Gasteiger charge is -2.09. The summed E-state index contributed by atoms with van der Waals surface area (Å²) in [4.78, 5) is -0.320. The number of azo groups is 4. The molecule has 0 spiro atoms. The van der Waals surface area contributed by atoms with Gasteiger partial charge in [-0.3, -0.25) is 4.55 Å². The molecule has 7 aromatic rings. The predicted octanol–water partition coefficient (Wildman–Crippen LogP) is 12.7. The van der Waals surface area contributed by atoms with Gasteiger partial charge in [-0.1, -0.05) is 36.4 Å². The van der Waals surface area contributed by atoms with Crippen LogP contribution in [0.4, 0.5) is 56.9 Å². The van der Waals surface area contributed by atoms with Crippen molar-refractivity contribution < 1.29 is 43.3 Å². The molecule has 0 amide bonds. The van der Waals surface area contributed by atoms with E-state index in [1.807, 2.05) is 132 Å². The molecule has 0 aromatic heterocycles. The number of phenolic OH excluding ortho intramolecular Hbond substituents is 1. The second kappa shape index (κ2) is 22.7. The topological polar surface area (TPSA) is 288 Å². The third-order valence-electron chi connectivity index (χ3n) is 9.42. The lowest BCUT2D eigenvalue weighted by Crippen LogP contribution is -1.97. The van der Waals surface area contributed by atoms with Crippen molar-refractivity contribution in [1.29, 1.82) is 0 Å². The van der Waals surface area contributed by atoms with E-state index in [0.717, 1.165) is 44.6 Å². The van der Waals surface area contributed by atoms with E-state index < -0.39 is 31.3 Å². The van der Waals surface area contributed by atoms with Crippen LogP contribution in [0.2, 0.25) is 0 Å². The number of nitrogens with one attached hydrogen (secondary N) is 1. The summed E-state index contributed by atoms with van der Waals surface area (Å²) >= 11 is 0. The quantitative estimate of drug-likeness (QED) is 0.0809. The number of aryl methyl sites for hydroxylation is 5. The zero-order chi connectivity index (χ0) is 48.8. The van der Waals surface area contributed by atoms with E-state index in [1.54, 1.807) is 12.1 Å². The maximum absolute atomic E-state index is 11.7. The Kier molecular flexibility index (Phi) is 16.9. The van der Waals surface area contributed by atoms with Gasteiger partial charge in [-0.25, -0.2) is 0 Å². The first-order chi connectivity index (χ1) is 31.8. The molecule has 0 heterocycles. The smallest absolute Gasteiger partial charge is 0.425 e. The zero-order valence-electron chi connectivity index (χ0n) is 36.1. The summed E-state index contributed by atoms with van der Waals surface area (Å²) < 4.78 is 83.6. The van der Waals surface area contributed by atoms with Gasteiger partial charge < -0.3 is 10.4 Å². The second-order valence-corrected chi connectivity index (χ2v) is 16.5. The molecule has 0 atom stereocenters. The molecule has 0 fully saturated rings. The fourth-order valence-corrected chi connectivity index (χ4v) is 6.93. The molecule has 0 unspecified atom stereocenters. The minimum absolute atomic E-state index is 0.0325. The molecule has 22 heteroatoms. The van der Waals surface area contributed by atoms with Crippen LogP contribution < -0.4 is 5.32 Å². The molecule has 19 nitrogen and oxygen atoms in total. The molecular formula is C45H39N9O10S3. The molecule has 0 radical (unpaired) electrons. The number of phenols is 1. The molecule has 67 heavy (non-hydrogen) atoms. The number of hydrogen-bond acceptors (Lipinski definition) is 18. The Morgan fingerprint density at radius 2 is 0.940 bits per heavy atom. The average molecular weight is 962 g/mol. The van der Waals surface area contributed by atoms with Crippen molar-refractivity contribution in [2.75, 3.05) is 5.32 Å². The van der Waals surface area contributed by atoms with Crippen molar-refractivity contribution in [3.05, 3.63) is 155 Å². The SMILES string of the molecule is Cc1cc(N=Nc2cc(C)c(N=Nc3ccc4cc(Nc5ccccc5)ccc4c3O)cc2C)ccc1N=Nc1cc(C)c(N=Nc2ccccc2S(=O)(=O)O)c(C)c1.O=S(=O)=O.O=S(=O)=O. The van der Waals surface area contributed by atoms with E-state index in [9.17, 15) is 18.1 Å². The minimum Gasteiger partial charge on any atom is -0.505 e. The largest absolute Gasteiger partial charge is 0.505 e. The van der Waals surface area contributed by atoms with Gasteiger partial charge in [0.05, 0.1) is 34.1 Å². The highest BCUT2D eigenvalue weighted by Crippen LogP contribution is 2.39. The van der Waals surface area contributed by atoms with Crippen LogP contribution in [-0.4, -0.2) is 43.3 Å². The van der Waals surface area contributed by atoms with Crippen LogP contribution in [0.1, 0.15) is 27.8 Å².